The van der Waals surface area contributed by atoms with Crippen molar-refractivity contribution in [2.45, 2.75) is 43.8 Å². The lowest BCUT2D eigenvalue weighted by molar-refractivity contribution is -0.280. The molecule has 2 fully saturated rings. The van der Waals surface area contributed by atoms with E-state index in [1.165, 1.54) is 4.31 Å². The van der Waals surface area contributed by atoms with Gasteiger partial charge in [0.25, 0.3) is 0 Å². The number of nitrogens with zero attached hydrogens (tertiary/aromatic N) is 2. The van der Waals surface area contributed by atoms with Crippen LogP contribution in [0.4, 0.5) is 0 Å². The van der Waals surface area contributed by atoms with E-state index in [0.29, 0.717) is 55.4 Å². The fourth-order valence-electron chi connectivity index (χ4n) is 3.02. The molecule has 0 aromatic carbocycles. The fraction of sp³-hybridized carbons (Fsp3) is 0.769. The smallest absolute Gasteiger partial charge is 0.246 e. The van der Waals surface area contributed by atoms with Crippen LogP contribution in [0.25, 0.3) is 0 Å². The minimum atomic E-state index is -3.51. The molecule has 0 saturated carbocycles. The van der Waals surface area contributed by atoms with Crippen LogP contribution in [-0.4, -0.2) is 55.0 Å². The molecule has 2 aliphatic heterocycles. The molecule has 8 heteroatoms. The minimum Gasteiger partial charge on any atom is -0.350 e. The van der Waals surface area contributed by atoms with Crippen molar-refractivity contribution >= 4 is 10.0 Å². The summed E-state index contributed by atoms with van der Waals surface area (Å²) in [7, 11) is -3.51. The lowest BCUT2D eigenvalue weighted by Gasteiger charge is -2.42. The van der Waals surface area contributed by atoms with E-state index in [9.17, 15) is 8.42 Å². The highest BCUT2D eigenvalue weighted by molar-refractivity contribution is 7.89. The van der Waals surface area contributed by atoms with Gasteiger partial charge < -0.3 is 9.47 Å². The summed E-state index contributed by atoms with van der Waals surface area (Å²) < 4.78 is 38.5. The number of nitrogens with one attached hydrogen (secondary N) is 1. The molecular formula is C13H21N3O4S. The van der Waals surface area contributed by atoms with Crippen molar-refractivity contribution in [3.63, 3.8) is 0 Å². The summed E-state index contributed by atoms with van der Waals surface area (Å²) in [6.45, 7) is 5.62. The number of aryl methyl sites for hydroxylation is 2. The summed E-state index contributed by atoms with van der Waals surface area (Å²) >= 11 is 0. The summed E-state index contributed by atoms with van der Waals surface area (Å²) in [5.41, 5.74) is 1.09. The third kappa shape index (κ3) is 2.61. The first-order valence-corrected chi connectivity index (χ1v) is 8.68. The number of hydrogen-bond donors (Lipinski definition) is 1. The van der Waals surface area contributed by atoms with Crippen molar-refractivity contribution in [1.82, 2.24) is 14.5 Å². The van der Waals surface area contributed by atoms with Crippen LogP contribution in [0.15, 0.2) is 4.90 Å². The van der Waals surface area contributed by atoms with Crippen LogP contribution < -0.4 is 0 Å². The van der Waals surface area contributed by atoms with Gasteiger partial charge in [-0.2, -0.15) is 9.40 Å². The highest BCUT2D eigenvalue weighted by atomic mass is 32.2. The van der Waals surface area contributed by atoms with E-state index in [-0.39, 0.29) is 0 Å². The van der Waals surface area contributed by atoms with Crippen molar-refractivity contribution < 1.29 is 17.9 Å². The topological polar surface area (TPSA) is 84.5 Å². The third-order valence-corrected chi connectivity index (χ3v) is 6.32. The molecule has 0 amide bonds. The van der Waals surface area contributed by atoms with Crippen LogP contribution in [-0.2, 0) is 19.5 Å². The zero-order valence-electron chi connectivity index (χ0n) is 12.4. The number of aromatic nitrogens is 2. The quantitative estimate of drug-likeness (QED) is 0.878. The van der Waals surface area contributed by atoms with E-state index >= 15 is 0 Å². The third-order valence-electron chi connectivity index (χ3n) is 4.16. The SMILES string of the molecule is Cc1n[nH]c(C)c1S(=O)(=O)N1CCC2(CC1)OCCCO2. The summed E-state index contributed by atoms with van der Waals surface area (Å²) in [5.74, 6) is -0.579. The zero-order valence-corrected chi connectivity index (χ0v) is 13.2. The van der Waals surface area contributed by atoms with Crippen molar-refractivity contribution in [3.8, 4) is 0 Å². The Morgan fingerprint density at radius 2 is 1.81 bits per heavy atom. The van der Waals surface area contributed by atoms with Crippen LogP contribution in [0, 0.1) is 13.8 Å². The number of sulfonamides is 1. The van der Waals surface area contributed by atoms with Crippen LogP contribution >= 0.6 is 0 Å². The molecule has 0 atom stereocenters. The number of H-pyrrole nitrogens is 1. The lowest BCUT2D eigenvalue weighted by Crippen LogP contribution is -2.51. The molecule has 118 valence electrons. The zero-order chi connectivity index (χ0) is 15.1. The van der Waals surface area contributed by atoms with Gasteiger partial charge in [-0.3, -0.25) is 5.10 Å². The molecule has 3 heterocycles. The molecule has 2 aliphatic rings. The van der Waals surface area contributed by atoms with Gasteiger partial charge in [-0.05, 0) is 20.3 Å². The number of hydrogen-bond acceptors (Lipinski definition) is 5. The van der Waals surface area contributed by atoms with E-state index in [4.69, 9.17) is 9.47 Å². The van der Waals surface area contributed by atoms with Gasteiger partial charge in [0.15, 0.2) is 5.79 Å². The Hall–Kier alpha value is -0.960. The Balaban J connectivity index is 1.77. The molecule has 21 heavy (non-hydrogen) atoms. The fourth-order valence-corrected chi connectivity index (χ4v) is 4.80. The summed E-state index contributed by atoms with van der Waals surface area (Å²) in [4.78, 5) is 0.295. The van der Waals surface area contributed by atoms with E-state index in [1.807, 2.05) is 0 Å². The number of rotatable bonds is 2. The molecule has 7 nitrogen and oxygen atoms in total. The first-order valence-electron chi connectivity index (χ1n) is 7.24. The molecular weight excluding hydrogens is 294 g/mol. The van der Waals surface area contributed by atoms with Gasteiger partial charge in [0, 0.05) is 25.9 Å². The molecule has 2 saturated heterocycles. The van der Waals surface area contributed by atoms with E-state index < -0.39 is 15.8 Å². The summed E-state index contributed by atoms with van der Waals surface area (Å²) in [6, 6.07) is 0. The van der Waals surface area contributed by atoms with Gasteiger partial charge in [-0.25, -0.2) is 8.42 Å². The second-order valence-corrected chi connectivity index (χ2v) is 7.50. The lowest BCUT2D eigenvalue weighted by atomic mass is 10.0. The Morgan fingerprint density at radius 1 is 1.19 bits per heavy atom. The van der Waals surface area contributed by atoms with Gasteiger partial charge in [0.1, 0.15) is 4.90 Å². The second kappa shape index (κ2) is 5.35. The number of piperidine rings is 1. The Kier molecular flexibility index (Phi) is 3.81. The predicted octanol–water partition coefficient (Wildman–Crippen LogP) is 0.944. The Bertz CT molecular complexity index is 590. The van der Waals surface area contributed by atoms with Crippen molar-refractivity contribution in [2.75, 3.05) is 26.3 Å². The molecule has 0 unspecified atom stereocenters. The van der Waals surface area contributed by atoms with Crippen LogP contribution in [0.1, 0.15) is 30.7 Å². The van der Waals surface area contributed by atoms with Crippen molar-refractivity contribution in [2.24, 2.45) is 0 Å². The highest BCUT2D eigenvalue weighted by Gasteiger charge is 2.42. The normalized spacial score (nSPS) is 23.5. The molecule has 0 aliphatic carbocycles. The maximum atomic E-state index is 12.7. The molecule has 1 spiro atoms. The van der Waals surface area contributed by atoms with Crippen LogP contribution in [0.5, 0.6) is 0 Å². The molecule has 1 aromatic heterocycles. The van der Waals surface area contributed by atoms with Crippen molar-refractivity contribution in [1.29, 1.82) is 0 Å². The van der Waals surface area contributed by atoms with Gasteiger partial charge >= 0.3 is 0 Å². The average Bonchev–Trinajstić information content (AvgIpc) is 2.80. The van der Waals surface area contributed by atoms with E-state index in [0.717, 1.165) is 6.42 Å². The highest BCUT2D eigenvalue weighted by Crippen LogP contribution is 2.33. The summed E-state index contributed by atoms with van der Waals surface area (Å²) in [5, 5.41) is 6.71. The second-order valence-electron chi connectivity index (χ2n) is 5.63. The average molecular weight is 315 g/mol. The number of aromatic amines is 1. The Labute approximate surface area is 124 Å². The van der Waals surface area contributed by atoms with E-state index in [2.05, 4.69) is 10.2 Å². The monoisotopic (exact) mass is 315 g/mol. The van der Waals surface area contributed by atoms with E-state index in [1.54, 1.807) is 13.8 Å². The Morgan fingerprint density at radius 3 is 2.33 bits per heavy atom. The van der Waals surface area contributed by atoms with Crippen LogP contribution in [0.2, 0.25) is 0 Å². The molecule has 0 bridgehead atoms. The summed E-state index contributed by atoms with van der Waals surface area (Å²) in [6.07, 6.45) is 2.04. The predicted molar refractivity (Wildman–Crippen MR) is 75.3 cm³/mol. The maximum absolute atomic E-state index is 12.7. The van der Waals surface area contributed by atoms with Gasteiger partial charge in [0.05, 0.1) is 24.6 Å². The van der Waals surface area contributed by atoms with Crippen LogP contribution in [0.3, 0.4) is 0 Å². The standard InChI is InChI=1S/C13H21N3O4S/c1-10-12(11(2)15-14-10)21(17,18)16-6-4-13(5-7-16)19-8-3-9-20-13/h3-9H2,1-2H3,(H,14,15). The largest absolute Gasteiger partial charge is 0.350 e. The van der Waals surface area contributed by atoms with Gasteiger partial charge in [0.2, 0.25) is 10.0 Å². The number of ether oxygens (including phenoxy) is 2. The minimum absolute atomic E-state index is 0.295. The molecule has 0 radical (unpaired) electrons. The maximum Gasteiger partial charge on any atom is 0.246 e. The molecule has 1 aromatic rings. The van der Waals surface area contributed by atoms with Crippen molar-refractivity contribution in [3.05, 3.63) is 11.4 Å². The first kappa shape index (κ1) is 15.0. The molecule has 1 N–H and O–H groups in total. The van der Waals surface area contributed by atoms with Gasteiger partial charge in [-0.15, -0.1) is 0 Å². The van der Waals surface area contributed by atoms with Gasteiger partial charge in [-0.1, -0.05) is 0 Å². The molecule has 3 rings (SSSR count). The first-order chi connectivity index (χ1) is 9.95.